The van der Waals surface area contributed by atoms with Gasteiger partial charge in [0.1, 0.15) is 18.9 Å². The van der Waals surface area contributed by atoms with Crippen molar-refractivity contribution in [2.45, 2.75) is 18.4 Å². The number of hydrogen-bond donors (Lipinski definition) is 3. The number of fused-ring (bicyclic) bond motifs is 1. The lowest BCUT2D eigenvalue weighted by Crippen LogP contribution is -3.14. The Bertz CT molecular complexity index is 890. The van der Waals surface area contributed by atoms with Gasteiger partial charge in [0.15, 0.2) is 0 Å². The lowest BCUT2D eigenvalue weighted by molar-refractivity contribution is -0.906. The predicted octanol–water partition coefficient (Wildman–Crippen LogP) is -0.103. The van der Waals surface area contributed by atoms with Gasteiger partial charge >= 0.3 is 11.8 Å². The molecule has 3 N–H and O–H groups in total. The molecule has 8 nitrogen and oxygen atoms in total. The fraction of sp³-hybridized carbons (Fsp3) is 0.450. The highest BCUT2D eigenvalue weighted by atomic mass is 32.2. The Morgan fingerprint density at radius 3 is 2.69 bits per heavy atom. The summed E-state index contributed by atoms with van der Waals surface area (Å²) < 4.78 is 7.06. The smallest absolute Gasteiger partial charge is 0.314 e. The van der Waals surface area contributed by atoms with Crippen LogP contribution in [0.3, 0.4) is 0 Å². The van der Waals surface area contributed by atoms with Crippen LogP contribution in [0.4, 0.5) is 5.82 Å². The van der Waals surface area contributed by atoms with E-state index in [4.69, 9.17) is 4.74 Å². The first-order chi connectivity index (χ1) is 14.1. The number of morpholine rings is 1. The van der Waals surface area contributed by atoms with Crippen LogP contribution in [-0.2, 0) is 25.8 Å². The first-order valence-corrected chi connectivity index (χ1v) is 11.0. The molecular formula is C20H26N5O3S+. The number of benzene rings is 1. The minimum absolute atomic E-state index is 0.465. The number of nitrogens with one attached hydrogen (secondary N) is 3. The van der Waals surface area contributed by atoms with Crippen LogP contribution in [0, 0.1) is 6.92 Å². The summed E-state index contributed by atoms with van der Waals surface area (Å²) >= 11 is 1.75. The molecule has 2 aliphatic heterocycles. The van der Waals surface area contributed by atoms with E-state index in [2.05, 4.69) is 15.7 Å². The predicted molar refractivity (Wildman–Crippen MR) is 111 cm³/mol. The molecule has 29 heavy (non-hydrogen) atoms. The van der Waals surface area contributed by atoms with Crippen molar-refractivity contribution in [1.29, 1.82) is 0 Å². The molecule has 0 radical (unpaired) electrons. The van der Waals surface area contributed by atoms with Gasteiger partial charge in [-0.25, -0.2) is 4.68 Å². The summed E-state index contributed by atoms with van der Waals surface area (Å²) in [5, 5.41) is 10.2. The van der Waals surface area contributed by atoms with E-state index in [1.165, 1.54) is 4.90 Å². The van der Waals surface area contributed by atoms with E-state index in [1.807, 2.05) is 31.2 Å². The molecule has 3 heterocycles. The number of ether oxygens (including phenoxy) is 1. The molecule has 1 aromatic carbocycles. The number of quaternary nitrogens is 1. The van der Waals surface area contributed by atoms with Gasteiger partial charge in [0, 0.05) is 17.1 Å². The molecule has 2 aliphatic rings. The first kappa shape index (κ1) is 19.9. The molecule has 9 heteroatoms. The zero-order chi connectivity index (χ0) is 20.2. The average Bonchev–Trinajstić information content (AvgIpc) is 3.32. The van der Waals surface area contributed by atoms with Gasteiger partial charge in [-0.2, -0.15) is 16.9 Å². The second-order valence-electron chi connectivity index (χ2n) is 7.34. The van der Waals surface area contributed by atoms with E-state index < -0.39 is 11.8 Å². The number of amides is 2. The second-order valence-corrected chi connectivity index (χ2v) is 8.32. The minimum atomic E-state index is -0.657. The number of rotatable bonds is 5. The highest BCUT2D eigenvalue weighted by Gasteiger charge is 2.26. The maximum Gasteiger partial charge on any atom is 0.314 e. The molecule has 0 aliphatic carbocycles. The van der Waals surface area contributed by atoms with Crippen molar-refractivity contribution in [3.8, 4) is 5.69 Å². The number of thioether (sulfide) groups is 1. The lowest BCUT2D eigenvalue weighted by atomic mass is 10.2. The first-order valence-electron chi connectivity index (χ1n) is 9.88. The standard InChI is InChI=1S/C20H25N5O3S/c1-14-2-4-15(5-3-14)25-18(16-12-29-13-17(16)23-25)22-20(27)19(26)21-6-7-24-8-10-28-11-9-24/h2-5H,6-13H2,1H3,(H,21,26)(H,22,27)/p+1. The molecule has 0 bridgehead atoms. The summed E-state index contributed by atoms with van der Waals surface area (Å²) in [4.78, 5) is 26.2. The van der Waals surface area contributed by atoms with Gasteiger partial charge in [-0.15, -0.1) is 0 Å². The third-order valence-corrected chi connectivity index (χ3v) is 6.20. The van der Waals surface area contributed by atoms with Crippen LogP contribution in [0.5, 0.6) is 0 Å². The Labute approximate surface area is 174 Å². The Kier molecular flexibility index (Phi) is 6.17. The van der Waals surface area contributed by atoms with Crippen molar-refractivity contribution in [3.63, 3.8) is 0 Å². The Balaban J connectivity index is 1.42. The number of anilines is 1. The molecule has 1 fully saturated rings. The molecular weight excluding hydrogens is 390 g/mol. The van der Waals surface area contributed by atoms with Crippen LogP contribution in [0.2, 0.25) is 0 Å². The number of nitrogens with zero attached hydrogens (tertiary/aromatic N) is 2. The summed E-state index contributed by atoms with van der Waals surface area (Å²) in [5.74, 6) is 0.904. The summed E-state index contributed by atoms with van der Waals surface area (Å²) in [6.45, 7) is 6.63. The van der Waals surface area contributed by atoms with E-state index in [1.54, 1.807) is 16.4 Å². The maximum atomic E-state index is 12.5. The van der Waals surface area contributed by atoms with Gasteiger partial charge in [-0.1, -0.05) is 17.7 Å². The molecule has 1 aromatic heterocycles. The molecule has 2 amide bonds. The SMILES string of the molecule is Cc1ccc(-n2nc3c(c2NC(=O)C(=O)NCC[NH+]2CCOCC2)CSC3)cc1. The maximum absolute atomic E-state index is 12.5. The zero-order valence-corrected chi connectivity index (χ0v) is 17.3. The fourth-order valence-electron chi connectivity index (χ4n) is 3.52. The van der Waals surface area contributed by atoms with Crippen LogP contribution in [0.25, 0.3) is 5.69 Å². The van der Waals surface area contributed by atoms with Crippen LogP contribution >= 0.6 is 11.8 Å². The van der Waals surface area contributed by atoms with Crippen molar-refractivity contribution in [3.05, 3.63) is 41.1 Å². The van der Waals surface area contributed by atoms with E-state index in [-0.39, 0.29) is 0 Å². The summed E-state index contributed by atoms with van der Waals surface area (Å²) in [6.07, 6.45) is 0. The van der Waals surface area contributed by atoms with Crippen molar-refractivity contribution in [1.82, 2.24) is 15.1 Å². The van der Waals surface area contributed by atoms with Crippen molar-refractivity contribution in [2.75, 3.05) is 44.7 Å². The van der Waals surface area contributed by atoms with E-state index in [9.17, 15) is 9.59 Å². The molecule has 0 saturated carbocycles. The van der Waals surface area contributed by atoms with Crippen LogP contribution in [-0.4, -0.2) is 61.0 Å². The van der Waals surface area contributed by atoms with E-state index >= 15 is 0 Å². The third kappa shape index (κ3) is 4.63. The van der Waals surface area contributed by atoms with E-state index in [0.29, 0.717) is 12.4 Å². The number of carbonyl (C=O) groups is 2. The highest BCUT2D eigenvalue weighted by Crippen LogP contribution is 2.36. The van der Waals surface area contributed by atoms with Crippen molar-refractivity contribution < 1.29 is 19.2 Å². The molecule has 0 unspecified atom stereocenters. The van der Waals surface area contributed by atoms with Gasteiger partial charge in [-0.3, -0.25) is 9.59 Å². The third-order valence-electron chi connectivity index (χ3n) is 5.23. The molecule has 0 atom stereocenters. The van der Waals surface area contributed by atoms with E-state index in [0.717, 1.165) is 66.9 Å². The minimum Gasteiger partial charge on any atom is -0.370 e. The summed E-state index contributed by atoms with van der Waals surface area (Å²) in [7, 11) is 0. The Hall–Kier alpha value is -2.36. The van der Waals surface area contributed by atoms with Crippen molar-refractivity contribution in [2.24, 2.45) is 0 Å². The molecule has 154 valence electrons. The van der Waals surface area contributed by atoms with Crippen LogP contribution in [0.15, 0.2) is 24.3 Å². The quantitative estimate of drug-likeness (QED) is 0.593. The molecule has 2 aromatic rings. The molecule has 4 rings (SSSR count). The summed E-state index contributed by atoms with van der Waals surface area (Å²) in [6, 6.07) is 7.93. The van der Waals surface area contributed by atoms with Gasteiger partial charge < -0.3 is 20.3 Å². The molecule has 1 saturated heterocycles. The normalized spacial score (nSPS) is 16.4. The highest BCUT2D eigenvalue weighted by molar-refractivity contribution is 7.98. The van der Waals surface area contributed by atoms with Crippen molar-refractivity contribution >= 4 is 29.4 Å². The van der Waals surface area contributed by atoms with Gasteiger partial charge in [0.05, 0.1) is 37.7 Å². The van der Waals surface area contributed by atoms with Gasteiger partial charge in [-0.05, 0) is 19.1 Å². The average molecular weight is 417 g/mol. The Morgan fingerprint density at radius 1 is 1.17 bits per heavy atom. The number of carbonyl (C=O) groups excluding carboxylic acids is 2. The fourth-order valence-corrected chi connectivity index (χ4v) is 4.56. The number of aromatic nitrogens is 2. The van der Waals surface area contributed by atoms with Gasteiger partial charge in [0.2, 0.25) is 0 Å². The van der Waals surface area contributed by atoms with Crippen LogP contribution < -0.4 is 15.5 Å². The number of hydrogen-bond acceptors (Lipinski definition) is 5. The Morgan fingerprint density at radius 2 is 1.93 bits per heavy atom. The monoisotopic (exact) mass is 416 g/mol. The van der Waals surface area contributed by atoms with Gasteiger partial charge in [0.25, 0.3) is 0 Å². The lowest BCUT2D eigenvalue weighted by Gasteiger charge is -2.23. The van der Waals surface area contributed by atoms with Crippen LogP contribution in [0.1, 0.15) is 16.8 Å². The summed E-state index contributed by atoms with van der Waals surface area (Å²) in [5.41, 5.74) is 3.97. The topological polar surface area (TPSA) is 89.7 Å². The number of aryl methyl sites for hydroxylation is 1. The molecule has 0 spiro atoms. The zero-order valence-electron chi connectivity index (χ0n) is 16.5. The second kappa shape index (κ2) is 8.98. The largest absolute Gasteiger partial charge is 0.370 e.